The number of nitrogens with one attached hydrogen (secondary N) is 1. The fraction of sp³-hybridized carbons (Fsp3) is 0.176. The van der Waals surface area contributed by atoms with Crippen molar-refractivity contribution in [1.82, 2.24) is 30.2 Å². The summed E-state index contributed by atoms with van der Waals surface area (Å²) in [6.07, 6.45) is 1.02. The fourth-order valence-electron chi connectivity index (χ4n) is 5.18. The Labute approximate surface area is 268 Å². The quantitative estimate of drug-likeness (QED) is 0.192. The number of para-hydroxylation sites is 3. The maximum atomic E-state index is 12.9. The van der Waals surface area contributed by atoms with Crippen LogP contribution in [0.15, 0.2) is 114 Å². The fourth-order valence-corrected chi connectivity index (χ4v) is 6.08. The summed E-state index contributed by atoms with van der Waals surface area (Å²) in [5.41, 5.74) is 5.74. The average Bonchev–Trinajstić information content (AvgIpc) is 3.60. The predicted molar refractivity (Wildman–Crippen MR) is 172 cm³/mol. The largest absolute Gasteiger partial charge is 0.392 e. The number of thioether (sulfide) groups is 1. The van der Waals surface area contributed by atoms with Crippen LogP contribution in [0, 0.1) is 0 Å². The number of hydrogen-bond donors (Lipinski definition) is 2. The Hall–Kier alpha value is -5.01. The molecule has 3 heterocycles. The number of rotatable bonds is 9. The van der Waals surface area contributed by atoms with E-state index < -0.39 is 6.29 Å². The molecule has 11 nitrogen and oxygen atoms in total. The predicted octanol–water partition coefficient (Wildman–Crippen LogP) is 5.69. The Morgan fingerprint density at radius 3 is 2.41 bits per heavy atom. The zero-order valence-corrected chi connectivity index (χ0v) is 25.3. The molecule has 3 atom stereocenters. The SMILES string of the molecule is O=C(Nc1ccc([C@@H]2O[C@H](CSc3nnnn3-c3ccccc3)C[C@H](c3ccc(CO)cc3)O2)cc1)c1cnc2ccccc2n1. The van der Waals surface area contributed by atoms with E-state index >= 15 is 0 Å². The second-order valence-electron chi connectivity index (χ2n) is 10.7. The van der Waals surface area contributed by atoms with E-state index in [2.05, 4.69) is 30.8 Å². The van der Waals surface area contributed by atoms with Gasteiger partial charge in [0.05, 0.1) is 41.7 Å². The van der Waals surface area contributed by atoms with Crippen molar-refractivity contribution >= 4 is 34.4 Å². The maximum Gasteiger partial charge on any atom is 0.275 e. The molecule has 0 aliphatic carbocycles. The van der Waals surface area contributed by atoms with E-state index in [-0.39, 0.29) is 30.4 Å². The molecule has 7 rings (SSSR count). The van der Waals surface area contributed by atoms with Crippen LogP contribution in [-0.4, -0.2) is 53.0 Å². The van der Waals surface area contributed by atoms with Crippen molar-refractivity contribution in [2.45, 2.75) is 36.7 Å². The van der Waals surface area contributed by atoms with Crippen LogP contribution >= 0.6 is 11.8 Å². The van der Waals surface area contributed by atoms with Gasteiger partial charge in [0.2, 0.25) is 5.16 Å². The number of carbonyl (C=O) groups is 1. The maximum absolute atomic E-state index is 12.9. The smallest absolute Gasteiger partial charge is 0.275 e. The minimum Gasteiger partial charge on any atom is -0.392 e. The van der Waals surface area contributed by atoms with Crippen molar-refractivity contribution in [3.8, 4) is 5.69 Å². The number of anilines is 1. The van der Waals surface area contributed by atoms with Crippen LogP contribution in [0.25, 0.3) is 16.7 Å². The highest BCUT2D eigenvalue weighted by Crippen LogP contribution is 2.39. The molecule has 1 fully saturated rings. The van der Waals surface area contributed by atoms with Crippen LogP contribution in [0.5, 0.6) is 0 Å². The Kier molecular flexibility index (Phi) is 8.74. The molecule has 0 spiro atoms. The normalized spacial score (nSPS) is 18.0. The molecule has 4 aromatic carbocycles. The van der Waals surface area contributed by atoms with Gasteiger partial charge in [-0.3, -0.25) is 9.78 Å². The Bertz CT molecular complexity index is 1940. The van der Waals surface area contributed by atoms with Gasteiger partial charge in [-0.1, -0.05) is 78.5 Å². The summed E-state index contributed by atoms with van der Waals surface area (Å²) in [4.78, 5) is 21.7. The van der Waals surface area contributed by atoms with Crippen molar-refractivity contribution in [1.29, 1.82) is 0 Å². The lowest BCUT2D eigenvalue weighted by atomic mass is 10.0. The summed E-state index contributed by atoms with van der Waals surface area (Å²) >= 11 is 1.52. The number of aliphatic hydroxyl groups is 1. The molecule has 12 heteroatoms. The first-order valence-electron chi connectivity index (χ1n) is 14.7. The minimum absolute atomic E-state index is 0.0245. The molecule has 1 aliphatic heterocycles. The number of carbonyl (C=O) groups excluding carboxylic acids is 1. The third kappa shape index (κ3) is 6.65. The molecule has 6 aromatic rings. The highest BCUT2D eigenvalue weighted by Gasteiger charge is 2.32. The lowest BCUT2D eigenvalue weighted by Gasteiger charge is -2.36. The van der Waals surface area contributed by atoms with Crippen molar-refractivity contribution in [3.63, 3.8) is 0 Å². The third-order valence-electron chi connectivity index (χ3n) is 7.58. The standard InChI is InChI=1S/C34H29N7O4S/c42-20-22-10-12-23(13-11-22)31-18-27(21-46-34-38-39-40-41(34)26-6-2-1-3-7-26)44-33(45-31)24-14-16-25(17-15-24)36-32(43)30-19-35-28-8-4-5-9-29(28)37-30/h1-17,19,27,31,33,42H,18,20-21H2,(H,36,43)/t27-,31+,33+/m0/s1. The summed E-state index contributed by atoms with van der Waals surface area (Å²) in [7, 11) is 0. The van der Waals surface area contributed by atoms with E-state index in [0.717, 1.165) is 27.9 Å². The number of fused-ring (bicyclic) bond motifs is 1. The van der Waals surface area contributed by atoms with Gasteiger partial charge in [-0.15, -0.1) is 5.10 Å². The van der Waals surface area contributed by atoms with Crippen LogP contribution < -0.4 is 5.32 Å². The lowest BCUT2D eigenvalue weighted by molar-refractivity contribution is -0.245. The minimum atomic E-state index is -0.650. The van der Waals surface area contributed by atoms with Crippen LogP contribution in [0.3, 0.4) is 0 Å². The van der Waals surface area contributed by atoms with Crippen molar-refractivity contribution in [2.24, 2.45) is 0 Å². The highest BCUT2D eigenvalue weighted by atomic mass is 32.2. The molecule has 0 bridgehead atoms. The first kappa shape index (κ1) is 29.7. The zero-order chi connectivity index (χ0) is 31.3. The van der Waals surface area contributed by atoms with Gasteiger partial charge in [0.1, 0.15) is 5.69 Å². The van der Waals surface area contributed by atoms with Gasteiger partial charge in [0, 0.05) is 23.4 Å². The monoisotopic (exact) mass is 631 g/mol. The zero-order valence-electron chi connectivity index (χ0n) is 24.5. The summed E-state index contributed by atoms with van der Waals surface area (Å²) in [5.74, 6) is 0.247. The Balaban J connectivity index is 1.07. The molecule has 0 unspecified atom stereocenters. The van der Waals surface area contributed by atoms with Gasteiger partial charge in [0.25, 0.3) is 5.91 Å². The van der Waals surface area contributed by atoms with Gasteiger partial charge in [-0.05, 0) is 58.0 Å². The van der Waals surface area contributed by atoms with Gasteiger partial charge in [-0.2, -0.15) is 4.68 Å². The van der Waals surface area contributed by atoms with E-state index in [4.69, 9.17) is 9.47 Å². The first-order valence-corrected chi connectivity index (χ1v) is 15.7. The number of amides is 1. The van der Waals surface area contributed by atoms with Crippen molar-refractivity contribution in [3.05, 3.63) is 132 Å². The topological polar surface area (TPSA) is 137 Å². The molecule has 1 saturated heterocycles. The van der Waals surface area contributed by atoms with Crippen LogP contribution in [0.1, 0.15) is 46.0 Å². The van der Waals surface area contributed by atoms with E-state index in [1.807, 2.05) is 103 Å². The van der Waals surface area contributed by atoms with Crippen LogP contribution in [0.4, 0.5) is 5.69 Å². The van der Waals surface area contributed by atoms with E-state index in [9.17, 15) is 9.90 Å². The summed E-state index contributed by atoms with van der Waals surface area (Å²) in [5, 5.41) is 25.4. The number of hydrogen-bond acceptors (Lipinski definition) is 10. The van der Waals surface area contributed by atoms with E-state index in [1.165, 1.54) is 18.0 Å². The first-order chi connectivity index (χ1) is 22.6. The van der Waals surface area contributed by atoms with E-state index in [1.54, 1.807) is 4.68 Å². The number of aromatic nitrogens is 6. The summed E-state index contributed by atoms with van der Waals surface area (Å²) in [6.45, 7) is -0.0245. The van der Waals surface area contributed by atoms with E-state index in [0.29, 0.717) is 28.5 Å². The van der Waals surface area contributed by atoms with Crippen molar-refractivity contribution < 1.29 is 19.4 Å². The van der Waals surface area contributed by atoms with Crippen LogP contribution in [-0.2, 0) is 16.1 Å². The van der Waals surface area contributed by atoms with Crippen LogP contribution in [0.2, 0.25) is 0 Å². The Morgan fingerprint density at radius 2 is 1.63 bits per heavy atom. The number of nitrogens with zero attached hydrogens (tertiary/aromatic N) is 6. The number of tetrazole rings is 1. The third-order valence-corrected chi connectivity index (χ3v) is 8.63. The van der Waals surface area contributed by atoms with Crippen molar-refractivity contribution in [2.75, 3.05) is 11.1 Å². The highest BCUT2D eigenvalue weighted by molar-refractivity contribution is 7.99. The second-order valence-corrected chi connectivity index (χ2v) is 11.7. The van der Waals surface area contributed by atoms with Gasteiger partial charge in [0.15, 0.2) is 6.29 Å². The van der Waals surface area contributed by atoms with Gasteiger partial charge >= 0.3 is 0 Å². The molecular weight excluding hydrogens is 602 g/mol. The second kappa shape index (κ2) is 13.5. The molecule has 1 aliphatic rings. The lowest BCUT2D eigenvalue weighted by Crippen LogP contribution is -2.31. The number of ether oxygens (including phenoxy) is 2. The molecule has 230 valence electrons. The molecule has 2 N–H and O–H groups in total. The molecule has 1 amide bonds. The average molecular weight is 632 g/mol. The Morgan fingerprint density at radius 1 is 0.891 bits per heavy atom. The van der Waals surface area contributed by atoms with Gasteiger partial charge in [-0.25, -0.2) is 4.98 Å². The number of aliphatic hydroxyl groups excluding tert-OH is 1. The molecular formula is C34H29N7O4S. The van der Waals surface area contributed by atoms with Gasteiger partial charge < -0.3 is 19.9 Å². The summed E-state index contributed by atoms with van der Waals surface area (Å²) < 4.78 is 14.7. The molecule has 0 saturated carbocycles. The molecule has 46 heavy (non-hydrogen) atoms. The summed E-state index contributed by atoms with van der Waals surface area (Å²) in [6, 6.07) is 32.3. The number of benzene rings is 4. The molecule has 0 radical (unpaired) electrons. The molecule has 2 aromatic heterocycles.